The van der Waals surface area contributed by atoms with E-state index in [0.717, 1.165) is 0 Å². The van der Waals surface area contributed by atoms with E-state index < -0.39 is 0 Å². The second kappa shape index (κ2) is 4.04. The van der Waals surface area contributed by atoms with Crippen LogP contribution in [0.25, 0.3) is 0 Å². The molecule has 0 radical (unpaired) electrons. The van der Waals surface area contributed by atoms with Gasteiger partial charge in [-0.3, -0.25) is 0 Å². The van der Waals surface area contributed by atoms with E-state index >= 15 is 0 Å². The largest absolute Gasteiger partial charge is 0.381 e. The number of nitrogens with one attached hydrogen (secondary N) is 1. The van der Waals surface area contributed by atoms with Crippen LogP contribution in [0.15, 0.2) is 24.3 Å². The molecule has 1 heterocycles. The third-order valence-electron chi connectivity index (χ3n) is 3.26. The van der Waals surface area contributed by atoms with Crippen molar-refractivity contribution in [3.8, 4) is 0 Å². The Bertz CT molecular complexity index is 306. The molecule has 1 heteroatoms. The smallest absolute Gasteiger partial charge is 0.0378 e. The average Bonchev–Trinajstić information content (AvgIpc) is 2.54. The molecule has 1 aliphatic rings. The molecule has 76 valence electrons. The van der Waals surface area contributed by atoms with Crippen molar-refractivity contribution in [3.05, 3.63) is 29.8 Å². The minimum atomic E-state index is 0.660. The molecule has 0 aliphatic carbocycles. The number of hydrogen-bond donors (Lipinski definition) is 1. The van der Waals surface area contributed by atoms with Crippen LogP contribution < -0.4 is 5.32 Å². The standard InChI is InChI=1S/C13H19N/c1-3-4-8-12-10(2)11-7-5-6-9-13(11)14-12/h5-7,9-10,12,14H,3-4,8H2,1-2H3. The van der Waals surface area contributed by atoms with Crippen molar-refractivity contribution in [1.29, 1.82) is 0 Å². The van der Waals surface area contributed by atoms with Crippen LogP contribution in [0.5, 0.6) is 0 Å². The van der Waals surface area contributed by atoms with Crippen LogP contribution in [0, 0.1) is 0 Å². The van der Waals surface area contributed by atoms with Gasteiger partial charge >= 0.3 is 0 Å². The minimum Gasteiger partial charge on any atom is -0.381 e. The Labute approximate surface area is 86.5 Å². The molecule has 0 fully saturated rings. The summed E-state index contributed by atoms with van der Waals surface area (Å²) < 4.78 is 0. The molecule has 2 atom stereocenters. The van der Waals surface area contributed by atoms with Gasteiger partial charge in [-0.05, 0) is 18.1 Å². The lowest BCUT2D eigenvalue weighted by Gasteiger charge is -2.15. The van der Waals surface area contributed by atoms with Crippen LogP contribution in [-0.2, 0) is 0 Å². The zero-order chi connectivity index (χ0) is 9.97. The number of benzene rings is 1. The van der Waals surface area contributed by atoms with E-state index in [-0.39, 0.29) is 0 Å². The molecule has 1 aliphatic heterocycles. The van der Waals surface area contributed by atoms with Crippen molar-refractivity contribution in [2.75, 3.05) is 5.32 Å². The summed E-state index contributed by atoms with van der Waals surface area (Å²) in [5.41, 5.74) is 2.84. The average molecular weight is 189 g/mol. The lowest BCUT2D eigenvalue weighted by Crippen LogP contribution is -2.18. The Kier molecular flexibility index (Phi) is 2.76. The van der Waals surface area contributed by atoms with Crippen LogP contribution in [-0.4, -0.2) is 6.04 Å². The Morgan fingerprint density at radius 1 is 1.29 bits per heavy atom. The number of rotatable bonds is 3. The molecule has 0 spiro atoms. The summed E-state index contributed by atoms with van der Waals surface area (Å²) in [6.07, 6.45) is 3.92. The van der Waals surface area contributed by atoms with Gasteiger partial charge in [0.05, 0.1) is 0 Å². The van der Waals surface area contributed by atoms with E-state index in [1.54, 1.807) is 0 Å². The highest BCUT2D eigenvalue weighted by molar-refractivity contribution is 5.58. The number of anilines is 1. The second-order valence-corrected chi connectivity index (χ2v) is 4.27. The third-order valence-corrected chi connectivity index (χ3v) is 3.26. The molecule has 0 saturated carbocycles. The molecule has 0 bridgehead atoms. The van der Waals surface area contributed by atoms with Crippen molar-refractivity contribution < 1.29 is 0 Å². The summed E-state index contributed by atoms with van der Waals surface area (Å²) >= 11 is 0. The monoisotopic (exact) mass is 189 g/mol. The highest BCUT2D eigenvalue weighted by atomic mass is 15.0. The van der Waals surface area contributed by atoms with Gasteiger partial charge in [-0.2, -0.15) is 0 Å². The summed E-state index contributed by atoms with van der Waals surface area (Å²) in [5.74, 6) is 0.678. The normalized spacial score (nSPS) is 24.4. The van der Waals surface area contributed by atoms with E-state index in [1.807, 2.05) is 0 Å². The molecule has 2 unspecified atom stereocenters. The molecule has 1 aromatic carbocycles. The predicted molar refractivity (Wildman–Crippen MR) is 61.8 cm³/mol. The molecular weight excluding hydrogens is 170 g/mol. The van der Waals surface area contributed by atoms with Crippen LogP contribution in [0.3, 0.4) is 0 Å². The van der Waals surface area contributed by atoms with E-state index in [0.29, 0.717) is 12.0 Å². The first-order valence-electron chi connectivity index (χ1n) is 5.68. The van der Waals surface area contributed by atoms with Crippen LogP contribution in [0.2, 0.25) is 0 Å². The molecular formula is C13H19N. The third kappa shape index (κ3) is 1.63. The summed E-state index contributed by atoms with van der Waals surface area (Å²) in [6, 6.07) is 9.35. The lowest BCUT2D eigenvalue weighted by molar-refractivity contribution is 0.559. The van der Waals surface area contributed by atoms with E-state index in [1.165, 1.54) is 30.5 Å². The topological polar surface area (TPSA) is 12.0 Å². The Morgan fingerprint density at radius 2 is 2.07 bits per heavy atom. The second-order valence-electron chi connectivity index (χ2n) is 4.27. The minimum absolute atomic E-state index is 0.660. The van der Waals surface area contributed by atoms with Crippen molar-refractivity contribution in [3.63, 3.8) is 0 Å². The zero-order valence-electron chi connectivity index (χ0n) is 9.09. The molecule has 14 heavy (non-hydrogen) atoms. The number of para-hydroxylation sites is 1. The molecule has 0 amide bonds. The predicted octanol–water partition coefficient (Wildman–Crippen LogP) is 3.77. The summed E-state index contributed by atoms with van der Waals surface area (Å²) in [5, 5.41) is 3.62. The Morgan fingerprint density at radius 3 is 2.79 bits per heavy atom. The number of unbranched alkanes of at least 4 members (excludes halogenated alkanes) is 1. The SMILES string of the molecule is CCCCC1Nc2ccccc2C1C. The molecule has 1 N–H and O–H groups in total. The lowest BCUT2D eigenvalue weighted by atomic mass is 9.94. The molecule has 0 aromatic heterocycles. The zero-order valence-corrected chi connectivity index (χ0v) is 9.09. The van der Waals surface area contributed by atoms with Gasteiger partial charge in [0.2, 0.25) is 0 Å². The van der Waals surface area contributed by atoms with E-state index in [2.05, 4.69) is 43.4 Å². The highest BCUT2D eigenvalue weighted by Crippen LogP contribution is 2.36. The van der Waals surface area contributed by atoms with Gasteiger partial charge in [-0.15, -0.1) is 0 Å². The maximum Gasteiger partial charge on any atom is 0.0378 e. The van der Waals surface area contributed by atoms with Crippen molar-refractivity contribution in [2.45, 2.75) is 45.1 Å². The first-order valence-corrected chi connectivity index (χ1v) is 5.68. The first kappa shape index (κ1) is 9.57. The quantitative estimate of drug-likeness (QED) is 0.763. The number of hydrogen-bond acceptors (Lipinski definition) is 1. The highest BCUT2D eigenvalue weighted by Gasteiger charge is 2.26. The van der Waals surface area contributed by atoms with Gasteiger partial charge in [-0.1, -0.05) is 44.9 Å². The summed E-state index contributed by atoms with van der Waals surface area (Å²) in [4.78, 5) is 0. The maximum atomic E-state index is 3.62. The molecule has 1 nitrogen and oxygen atoms in total. The Balaban J connectivity index is 2.09. The fourth-order valence-corrected chi connectivity index (χ4v) is 2.31. The van der Waals surface area contributed by atoms with Crippen LogP contribution in [0.1, 0.15) is 44.6 Å². The van der Waals surface area contributed by atoms with Gasteiger partial charge in [0.1, 0.15) is 0 Å². The van der Waals surface area contributed by atoms with Gasteiger partial charge in [0, 0.05) is 17.6 Å². The Hall–Kier alpha value is -0.980. The van der Waals surface area contributed by atoms with E-state index in [4.69, 9.17) is 0 Å². The molecule has 0 saturated heterocycles. The van der Waals surface area contributed by atoms with Crippen molar-refractivity contribution in [1.82, 2.24) is 0 Å². The fraction of sp³-hybridized carbons (Fsp3) is 0.538. The number of fused-ring (bicyclic) bond motifs is 1. The fourth-order valence-electron chi connectivity index (χ4n) is 2.31. The van der Waals surface area contributed by atoms with Crippen LogP contribution in [0.4, 0.5) is 5.69 Å². The van der Waals surface area contributed by atoms with Crippen molar-refractivity contribution >= 4 is 5.69 Å². The summed E-state index contributed by atoms with van der Waals surface area (Å²) in [6.45, 7) is 4.59. The molecule has 2 rings (SSSR count). The maximum absolute atomic E-state index is 3.62. The van der Waals surface area contributed by atoms with Crippen LogP contribution >= 0.6 is 0 Å². The van der Waals surface area contributed by atoms with Gasteiger partial charge < -0.3 is 5.32 Å². The van der Waals surface area contributed by atoms with Gasteiger partial charge in [-0.25, -0.2) is 0 Å². The first-order chi connectivity index (χ1) is 6.83. The van der Waals surface area contributed by atoms with Gasteiger partial charge in [0.25, 0.3) is 0 Å². The molecule has 1 aromatic rings. The van der Waals surface area contributed by atoms with E-state index in [9.17, 15) is 0 Å². The van der Waals surface area contributed by atoms with Crippen molar-refractivity contribution in [2.24, 2.45) is 0 Å². The van der Waals surface area contributed by atoms with Gasteiger partial charge in [0.15, 0.2) is 0 Å². The summed E-state index contributed by atoms with van der Waals surface area (Å²) in [7, 11) is 0.